The molecule has 0 spiro atoms. The zero-order chi connectivity index (χ0) is 14.0. The normalized spacial score (nSPS) is 27.5. The van der Waals surface area contributed by atoms with Crippen LogP contribution in [-0.2, 0) is 22.3 Å². The topological polar surface area (TPSA) is 30.5 Å². The summed E-state index contributed by atoms with van der Waals surface area (Å²) < 4.78 is 11.2. The van der Waals surface area contributed by atoms with E-state index in [-0.39, 0.29) is 5.60 Å². The van der Waals surface area contributed by atoms with Crippen LogP contribution in [-0.4, -0.2) is 32.5 Å². The van der Waals surface area contributed by atoms with Crippen LogP contribution in [0.25, 0.3) is 0 Å². The van der Waals surface area contributed by atoms with Crippen LogP contribution in [0, 0.1) is 0 Å². The number of aryl methyl sites for hydroxylation is 2. The maximum absolute atomic E-state index is 5.68. The fraction of sp³-hybridized carbons (Fsp3) is 0.750. The Hall–Kier alpha value is -0.420. The summed E-state index contributed by atoms with van der Waals surface area (Å²) in [5, 5.41) is 3.65. The highest BCUT2D eigenvalue weighted by Gasteiger charge is 2.35. The molecule has 2 atom stereocenters. The summed E-state index contributed by atoms with van der Waals surface area (Å²) in [7, 11) is 1.80. The first-order valence-corrected chi connectivity index (χ1v) is 8.52. The summed E-state index contributed by atoms with van der Waals surface area (Å²) in [4.78, 5) is 3.09. The zero-order valence-electron chi connectivity index (χ0n) is 12.5. The molecule has 20 heavy (non-hydrogen) atoms. The standard InChI is InChI=1S/C16H25NO2S/c1-12(17-10-16(18-2)7-8-19-11-16)15-9-13-5-3-4-6-14(13)20-15/h9,12,17H,3-8,10-11H2,1-2H3. The Labute approximate surface area is 125 Å². The highest BCUT2D eigenvalue weighted by atomic mass is 32.1. The molecule has 1 aromatic heterocycles. The van der Waals surface area contributed by atoms with Crippen LogP contribution in [0.2, 0.25) is 0 Å². The molecule has 112 valence electrons. The van der Waals surface area contributed by atoms with Gasteiger partial charge in [0.1, 0.15) is 5.60 Å². The highest BCUT2D eigenvalue weighted by Crippen LogP contribution is 2.33. The van der Waals surface area contributed by atoms with Crippen LogP contribution in [0.3, 0.4) is 0 Å². The molecule has 3 rings (SSSR count). The monoisotopic (exact) mass is 295 g/mol. The van der Waals surface area contributed by atoms with Crippen molar-refractivity contribution in [2.24, 2.45) is 0 Å². The van der Waals surface area contributed by atoms with Crippen molar-refractivity contribution in [2.45, 2.75) is 50.7 Å². The first-order valence-electron chi connectivity index (χ1n) is 7.70. The highest BCUT2D eigenvalue weighted by molar-refractivity contribution is 7.12. The Bertz CT molecular complexity index is 428. The lowest BCUT2D eigenvalue weighted by Crippen LogP contribution is -2.43. The molecule has 1 saturated heterocycles. The number of ether oxygens (including phenoxy) is 2. The summed E-state index contributed by atoms with van der Waals surface area (Å²) in [6, 6.07) is 2.82. The van der Waals surface area contributed by atoms with E-state index in [1.54, 1.807) is 17.6 Å². The molecule has 2 heterocycles. The van der Waals surface area contributed by atoms with E-state index in [0.29, 0.717) is 12.6 Å². The molecule has 0 aromatic carbocycles. The Balaban J connectivity index is 1.61. The molecule has 1 N–H and O–H groups in total. The van der Waals surface area contributed by atoms with E-state index < -0.39 is 0 Å². The van der Waals surface area contributed by atoms with Crippen LogP contribution in [0.15, 0.2) is 6.07 Å². The van der Waals surface area contributed by atoms with Crippen molar-refractivity contribution in [3.8, 4) is 0 Å². The fourth-order valence-electron chi connectivity index (χ4n) is 3.13. The molecular weight excluding hydrogens is 270 g/mol. The summed E-state index contributed by atoms with van der Waals surface area (Å²) in [6.45, 7) is 4.66. The molecule has 1 aromatic rings. The first kappa shape index (κ1) is 14.5. The lowest BCUT2D eigenvalue weighted by atomic mass is 9.98. The second-order valence-corrected chi connectivity index (χ2v) is 7.26. The first-order chi connectivity index (χ1) is 9.72. The van der Waals surface area contributed by atoms with Gasteiger partial charge in [-0.3, -0.25) is 0 Å². The molecule has 1 fully saturated rings. The predicted octanol–water partition coefficient (Wildman–Crippen LogP) is 3.08. The Morgan fingerprint density at radius 3 is 3.00 bits per heavy atom. The van der Waals surface area contributed by atoms with E-state index in [4.69, 9.17) is 9.47 Å². The minimum Gasteiger partial charge on any atom is -0.378 e. The third-order valence-electron chi connectivity index (χ3n) is 4.67. The Kier molecular flexibility index (Phi) is 4.46. The molecule has 3 nitrogen and oxygen atoms in total. The lowest BCUT2D eigenvalue weighted by molar-refractivity contribution is -0.0171. The summed E-state index contributed by atoms with van der Waals surface area (Å²) in [5.41, 5.74) is 1.47. The summed E-state index contributed by atoms with van der Waals surface area (Å²) in [5.74, 6) is 0. The zero-order valence-corrected chi connectivity index (χ0v) is 13.4. The summed E-state index contributed by atoms with van der Waals surface area (Å²) in [6.07, 6.45) is 6.26. The van der Waals surface area contributed by atoms with Gasteiger partial charge in [0.05, 0.1) is 6.61 Å². The van der Waals surface area contributed by atoms with Gasteiger partial charge in [0.25, 0.3) is 0 Å². The number of hydrogen-bond donors (Lipinski definition) is 1. The smallest absolute Gasteiger partial charge is 0.106 e. The second-order valence-electron chi connectivity index (χ2n) is 6.10. The molecule has 0 amide bonds. The molecule has 2 unspecified atom stereocenters. The van der Waals surface area contributed by atoms with Gasteiger partial charge in [-0.1, -0.05) is 0 Å². The van der Waals surface area contributed by atoms with E-state index in [1.807, 2.05) is 11.3 Å². The van der Waals surface area contributed by atoms with E-state index in [1.165, 1.54) is 30.6 Å². The fourth-order valence-corrected chi connectivity index (χ4v) is 4.41. The van der Waals surface area contributed by atoms with Crippen molar-refractivity contribution >= 4 is 11.3 Å². The van der Waals surface area contributed by atoms with Crippen molar-refractivity contribution in [3.05, 3.63) is 21.4 Å². The van der Waals surface area contributed by atoms with Crippen LogP contribution < -0.4 is 5.32 Å². The molecule has 2 aliphatic rings. The summed E-state index contributed by atoms with van der Waals surface area (Å²) >= 11 is 2.00. The van der Waals surface area contributed by atoms with Crippen LogP contribution in [0.1, 0.15) is 47.5 Å². The van der Waals surface area contributed by atoms with Crippen molar-refractivity contribution in [2.75, 3.05) is 26.9 Å². The minimum atomic E-state index is -0.120. The van der Waals surface area contributed by atoms with Crippen molar-refractivity contribution in [1.82, 2.24) is 5.32 Å². The van der Waals surface area contributed by atoms with Crippen molar-refractivity contribution in [1.29, 1.82) is 0 Å². The van der Waals surface area contributed by atoms with Gasteiger partial charge in [-0.05, 0) is 44.2 Å². The van der Waals surface area contributed by atoms with Gasteiger partial charge < -0.3 is 14.8 Å². The number of nitrogens with one attached hydrogen (secondary N) is 1. The number of hydrogen-bond acceptors (Lipinski definition) is 4. The van der Waals surface area contributed by atoms with Gasteiger partial charge in [0, 0.05) is 42.5 Å². The predicted molar refractivity (Wildman–Crippen MR) is 82.6 cm³/mol. The van der Waals surface area contributed by atoms with E-state index in [2.05, 4.69) is 18.3 Å². The number of thiophene rings is 1. The number of methoxy groups -OCH3 is 1. The molecule has 1 aliphatic heterocycles. The van der Waals surface area contributed by atoms with Gasteiger partial charge in [-0.25, -0.2) is 0 Å². The molecule has 0 saturated carbocycles. The third-order valence-corrected chi connectivity index (χ3v) is 6.09. The lowest BCUT2D eigenvalue weighted by Gasteiger charge is -2.27. The average molecular weight is 295 g/mol. The minimum absolute atomic E-state index is 0.120. The van der Waals surface area contributed by atoms with Gasteiger partial charge >= 0.3 is 0 Å². The Morgan fingerprint density at radius 2 is 2.30 bits per heavy atom. The van der Waals surface area contributed by atoms with Crippen LogP contribution in [0.5, 0.6) is 0 Å². The van der Waals surface area contributed by atoms with Gasteiger partial charge in [0.2, 0.25) is 0 Å². The maximum Gasteiger partial charge on any atom is 0.106 e. The van der Waals surface area contributed by atoms with Gasteiger partial charge in [-0.15, -0.1) is 11.3 Å². The van der Waals surface area contributed by atoms with Gasteiger partial charge in [-0.2, -0.15) is 0 Å². The van der Waals surface area contributed by atoms with Crippen molar-refractivity contribution in [3.63, 3.8) is 0 Å². The third kappa shape index (κ3) is 2.93. The van der Waals surface area contributed by atoms with Crippen LogP contribution in [0.4, 0.5) is 0 Å². The quantitative estimate of drug-likeness (QED) is 0.905. The number of rotatable bonds is 5. The molecule has 1 aliphatic carbocycles. The van der Waals surface area contributed by atoms with E-state index in [9.17, 15) is 0 Å². The Morgan fingerprint density at radius 1 is 1.45 bits per heavy atom. The maximum atomic E-state index is 5.68. The van der Waals surface area contributed by atoms with Crippen LogP contribution >= 0.6 is 11.3 Å². The van der Waals surface area contributed by atoms with E-state index >= 15 is 0 Å². The molecular formula is C16H25NO2S. The largest absolute Gasteiger partial charge is 0.378 e. The average Bonchev–Trinajstić information content (AvgIpc) is 3.12. The van der Waals surface area contributed by atoms with Crippen molar-refractivity contribution < 1.29 is 9.47 Å². The molecule has 4 heteroatoms. The van der Waals surface area contributed by atoms with Gasteiger partial charge in [0.15, 0.2) is 0 Å². The number of fused-ring (bicyclic) bond motifs is 1. The molecule has 0 bridgehead atoms. The van der Waals surface area contributed by atoms with E-state index in [0.717, 1.165) is 19.6 Å². The second kappa shape index (κ2) is 6.14. The SMILES string of the molecule is COC1(CNC(C)c2cc3c(s2)CCCC3)CCOC1. The molecule has 0 radical (unpaired) electrons.